The Labute approximate surface area is 169 Å². The number of pyridine rings is 1. The van der Waals surface area contributed by atoms with Crippen LogP contribution in [0.15, 0.2) is 54.7 Å². The molecule has 2 aromatic carbocycles. The Bertz CT molecular complexity index is 999. The molecule has 1 saturated heterocycles. The third-order valence-corrected chi connectivity index (χ3v) is 5.41. The van der Waals surface area contributed by atoms with E-state index in [-0.39, 0.29) is 5.91 Å². The summed E-state index contributed by atoms with van der Waals surface area (Å²) in [4.78, 5) is 22.0. The predicted molar refractivity (Wildman–Crippen MR) is 114 cm³/mol. The van der Waals surface area contributed by atoms with Gasteiger partial charge in [0.1, 0.15) is 0 Å². The quantitative estimate of drug-likeness (QED) is 0.735. The zero-order valence-corrected chi connectivity index (χ0v) is 16.6. The van der Waals surface area contributed by atoms with Gasteiger partial charge < -0.3 is 15.1 Å². The SMILES string of the molecule is CN1CCN(c2ccccc2CNC(=O)c2cc(Cl)cc3cccnc23)CC1. The first kappa shape index (κ1) is 18.7. The van der Waals surface area contributed by atoms with Crippen molar-refractivity contribution in [2.45, 2.75) is 6.54 Å². The van der Waals surface area contributed by atoms with Crippen molar-refractivity contribution in [3.63, 3.8) is 0 Å². The number of aromatic nitrogens is 1. The topological polar surface area (TPSA) is 48.5 Å². The Kier molecular flexibility index (Phi) is 5.46. The number of likely N-dealkylation sites (N-methyl/N-ethyl adjacent to an activating group) is 1. The normalized spacial score (nSPS) is 15.0. The van der Waals surface area contributed by atoms with Crippen molar-refractivity contribution in [1.29, 1.82) is 0 Å². The summed E-state index contributed by atoms with van der Waals surface area (Å²) in [6.45, 7) is 4.53. The number of anilines is 1. The molecule has 0 atom stereocenters. The number of nitrogens with one attached hydrogen (secondary N) is 1. The van der Waals surface area contributed by atoms with Crippen LogP contribution in [-0.4, -0.2) is 49.0 Å². The average molecular weight is 395 g/mol. The van der Waals surface area contributed by atoms with Crippen LogP contribution in [0.1, 0.15) is 15.9 Å². The van der Waals surface area contributed by atoms with Crippen molar-refractivity contribution < 1.29 is 4.79 Å². The van der Waals surface area contributed by atoms with Crippen LogP contribution in [0.4, 0.5) is 5.69 Å². The van der Waals surface area contributed by atoms with E-state index in [0.717, 1.165) is 37.1 Å². The van der Waals surface area contributed by atoms with Crippen LogP contribution in [0.3, 0.4) is 0 Å². The third-order valence-electron chi connectivity index (χ3n) is 5.19. The molecule has 1 N–H and O–H groups in total. The maximum Gasteiger partial charge on any atom is 0.253 e. The summed E-state index contributed by atoms with van der Waals surface area (Å²) in [6, 6.07) is 15.5. The Morgan fingerprint density at radius 3 is 2.71 bits per heavy atom. The van der Waals surface area contributed by atoms with Gasteiger partial charge in [-0.25, -0.2) is 0 Å². The van der Waals surface area contributed by atoms with Gasteiger partial charge in [-0.1, -0.05) is 35.9 Å². The summed E-state index contributed by atoms with van der Waals surface area (Å²) in [5.41, 5.74) is 3.46. The molecule has 1 aliphatic heterocycles. The molecule has 5 nitrogen and oxygen atoms in total. The van der Waals surface area contributed by atoms with E-state index in [9.17, 15) is 4.79 Å². The molecule has 1 fully saturated rings. The highest BCUT2D eigenvalue weighted by molar-refractivity contribution is 6.32. The Morgan fingerprint density at radius 2 is 1.89 bits per heavy atom. The smallest absolute Gasteiger partial charge is 0.253 e. The van der Waals surface area contributed by atoms with Crippen LogP contribution in [0, 0.1) is 0 Å². The fraction of sp³-hybridized carbons (Fsp3) is 0.273. The van der Waals surface area contributed by atoms with Crippen molar-refractivity contribution in [1.82, 2.24) is 15.2 Å². The summed E-state index contributed by atoms with van der Waals surface area (Å²) in [7, 11) is 2.15. The molecule has 1 aromatic heterocycles. The predicted octanol–water partition coefficient (Wildman–Crippen LogP) is 3.57. The molecule has 1 amide bonds. The Morgan fingerprint density at radius 1 is 1.11 bits per heavy atom. The summed E-state index contributed by atoms with van der Waals surface area (Å²) < 4.78 is 0. The van der Waals surface area contributed by atoms with Crippen LogP contribution >= 0.6 is 11.6 Å². The molecule has 0 saturated carbocycles. The van der Waals surface area contributed by atoms with Crippen LogP contribution in [0.25, 0.3) is 10.9 Å². The number of fused-ring (bicyclic) bond motifs is 1. The molecule has 6 heteroatoms. The van der Waals surface area contributed by atoms with Crippen molar-refractivity contribution in [2.75, 3.05) is 38.1 Å². The lowest BCUT2D eigenvalue weighted by molar-refractivity contribution is 0.0952. The molecule has 0 bridgehead atoms. The number of nitrogens with zero attached hydrogens (tertiary/aromatic N) is 3. The number of para-hydroxylation sites is 1. The lowest BCUT2D eigenvalue weighted by Crippen LogP contribution is -2.45. The summed E-state index contributed by atoms with van der Waals surface area (Å²) >= 11 is 6.21. The van der Waals surface area contributed by atoms with Gasteiger partial charge in [0.2, 0.25) is 0 Å². The van der Waals surface area contributed by atoms with Gasteiger partial charge in [-0.2, -0.15) is 0 Å². The number of carbonyl (C=O) groups is 1. The first-order valence-electron chi connectivity index (χ1n) is 9.46. The zero-order chi connectivity index (χ0) is 19.5. The van der Waals surface area contributed by atoms with E-state index in [4.69, 9.17) is 11.6 Å². The van der Waals surface area contributed by atoms with E-state index in [1.807, 2.05) is 30.3 Å². The summed E-state index contributed by atoms with van der Waals surface area (Å²) in [5, 5.41) is 4.44. The van der Waals surface area contributed by atoms with Gasteiger partial charge in [-0.05, 0) is 36.9 Å². The largest absolute Gasteiger partial charge is 0.369 e. The zero-order valence-electron chi connectivity index (χ0n) is 15.9. The molecular formula is C22H23ClN4O. The molecular weight excluding hydrogens is 372 g/mol. The highest BCUT2D eigenvalue weighted by Crippen LogP contribution is 2.24. The number of piperazine rings is 1. The molecule has 2 heterocycles. The van der Waals surface area contributed by atoms with Gasteiger partial charge in [0.05, 0.1) is 11.1 Å². The van der Waals surface area contributed by atoms with E-state index in [0.29, 0.717) is 22.6 Å². The van der Waals surface area contributed by atoms with Gasteiger partial charge in [-0.15, -0.1) is 0 Å². The van der Waals surface area contributed by atoms with Crippen molar-refractivity contribution >= 4 is 34.1 Å². The van der Waals surface area contributed by atoms with E-state index in [1.165, 1.54) is 5.69 Å². The van der Waals surface area contributed by atoms with E-state index in [1.54, 1.807) is 12.3 Å². The number of benzene rings is 2. The number of amides is 1. The van der Waals surface area contributed by atoms with Gasteiger partial charge >= 0.3 is 0 Å². The molecule has 4 rings (SSSR count). The minimum Gasteiger partial charge on any atom is -0.369 e. The van der Waals surface area contributed by atoms with Crippen LogP contribution in [-0.2, 0) is 6.54 Å². The molecule has 28 heavy (non-hydrogen) atoms. The van der Waals surface area contributed by atoms with Gasteiger partial charge in [0.25, 0.3) is 5.91 Å². The van der Waals surface area contributed by atoms with Crippen LogP contribution < -0.4 is 10.2 Å². The minimum absolute atomic E-state index is 0.167. The summed E-state index contributed by atoms with van der Waals surface area (Å²) in [5.74, 6) is -0.167. The minimum atomic E-state index is -0.167. The second-order valence-electron chi connectivity index (χ2n) is 7.13. The second-order valence-corrected chi connectivity index (χ2v) is 7.57. The van der Waals surface area contributed by atoms with Crippen molar-refractivity contribution in [3.8, 4) is 0 Å². The lowest BCUT2D eigenvalue weighted by atomic mass is 10.1. The van der Waals surface area contributed by atoms with Gasteiger partial charge in [0.15, 0.2) is 0 Å². The first-order valence-corrected chi connectivity index (χ1v) is 9.83. The lowest BCUT2D eigenvalue weighted by Gasteiger charge is -2.35. The Hall–Kier alpha value is -2.63. The third kappa shape index (κ3) is 3.96. The fourth-order valence-corrected chi connectivity index (χ4v) is 3.84. The number of carbonyl (C=O) groups excluding carboxylic acids is 1. The van der Waals surface area contributed by atoms with Crippen molar-refractivity contribution in [2.24, 2.45) is 0 Å². The van der Waals surface area contributed by atoms with Crippen molar-refractivity contribution in [3.05, 3.63) is 70.9 Å². The molecule has 0 unspecified atom stereocenters. The number of hydrogen-bond donors (Lipinski definition) is 1. The maximum atomic E-state index is 12.9. The molecule has 0 aliphatic carbocycles. The fourth-order valence-electron chi connectivity index (χ4n) is 3.62. The standard InChI is InChI=1S/C22H23ClN4O/c1-26-9-11-27(12-10-26)20-7-3-2-5-17(20)15-25-22(28)19-14-18(23)13-16-6-4-8-24-21(16)19/h2-8,13-14H,9-12,15H2,1H3,(H,25,28). The molecule has 3 aromatic rings. The highest BCUT2D eigenvalue weighted by Gasteiger charge is 2.18. The molecule has 144 valence electrons. The van der Waals surface area contributed by atoms with Gasteiger partial charge in [0, 0.05) is 55.0 Å². The van der Waals surface area contributed by atoms with Gasteiger partial charge in [-0.3, -0.25) is 9.78 Å². The maximum absolute atomic E-state index is 12.9. The van der Waals surface area contributed by atoms with E-state index < -0.39 is 0 Å². The Balaban J connectivity index is 1.54. The number of hydrogen-bond acceptors (Lipinski definition) is 4. The number of rotatable bonds is 4. The van der Waals surface area contributed by atoms with E-state index in [2.05, 4.69) is 39.3 Å². The monoisotopic (exact) mass is 394 g/mol. The molecule has 0 spiro atoms. The summed E-state index contributed by atoms with van der Waals surface area (Å²) in [6.07, 6.45) is 1.69. The average Bonchev–Trinajstić information content (AvgIpc) is 2.72. The van der Waals surface area contributed by atoms with E-state index >= 15 is 0 Å². The number of halogens is 1. The molecule has 1 aliphatic rings. The van der Waals surface area contributed by atoms with Crippen LogP contribution in [0.2, 0.25) is 5.02 Å². The highest BCUT2D eigenvalue weighted by atomic mass is 35.5. The van der Waals surface area contributed by atoms with Crippen LogP contribution in [0.5, 0.6) is 0 Å². The first-order chi connectivity index (χ1) is 13.6. The second kappa shape index (κ2) is 8.17. The molecule has 0 radical (unpaired) electrons.